The van der Waals surface area contributed by atoms with Crippen LogP contribution in [0.2, 0.25) is 5.02 Å². The molecule has 0 amide bonds. The van der Waals surface area contributed by atoms with Crippen LogP contribution in [0.1, 0.15) is 31.9 Å². The highest BCUT2D eigenvalue weighted by atomic mass is 35.5. The van der Waals surface area contributed by atoms with Gasteiger partial charge in [0.1, 0.15) is 11.5 Å². The predicted molar refractivity (Wildman–Crippen MR) is 82.6 cm³/mol. The van der Waals surface area contributed by atoms with Crippen LogP contribution in [0, 0.1) is 0 Å². The minimum Gasteiger partial charge on any atom is -0.455 e. The van der Waals surface area contributed by atoms with Crippen molar-refractivity contribution in [3.63, 3.8) is 0 Å². The fourth-order valence-corrected chi connectivity index (χ4v) is 2.26. The quantitative estimate of drug-likeness (QED) is 0.869. The Morgan fingerprint density at radius 2 is 1.75 bits per heavy atom. The van der Waals surface area contributed by atoms with Crippen LogP contribution in [0.25, 0.3) is 0 Å². The van der Waals surface area contributed by atoms with Crippen molar-refractivity contribution in [2.24, 2.45) is 0 Å². The first-order valence-electron chi connectivity index (χ1n) is 6.58. The van der Waals surface area contributed by atoms with Crippen molar-refractivity contribution in [3.05, 3.63) is 58.6 Å². The molecule has 0 saturated carbocycles. The third-order valence-corrected chi connectivity index (χ3v) is 3.39. The second-order valence-electron chi connectivity index (χ2n) is 5.77. The highest BCUT2D eigenvalue weighted by molar-refractivity contribution is 6.32. The molecule has 0 aromatic heterocycles. The molecule has 20 heavy (non-hydrogen) atoms. The van der Waals surface area contributed by atoms with Crippen molar-refractivity contribution in [2.45, 2.75) is 32.8 Å². The Balaban J connectivity index is 2.36. The summed E-state index contributed by atoms with van der Waals surface area (Å²) in [6.45, 7) is 6.40. The second kappa shape index (κ2) is 5.86. The molecule has 0 saturated heterocycles. The minimum atomic E-state index is -0.0292. The van der Waals surface area contributed by atoms with Crippen LogP contribution in [0.5, 0.6) is 11.5 Å². The van der Waals surface area contributed by atoms with Gasteiger partial charge in [-0.2, -0.15) is 0 Å². The Morgan fingerprint density at radius 3 is 2.35 bits per heavy atom. The zero-order valence-corrected chi connectivity index (χ0v) is 12.7. The van der Waals surface area contributed by atoms with Gasteiger partial charge >= 0.3 is 0 Å². The Bertz CT molecular complexity index is 600. The van der Waals surface area contributed by atoms with E-state index in [0.29, 0.717) is 10.8 Å². The van der Waals surface area contributed by atoms with Crippen molar-refractivity contribution in [1.29, 1.82) is 0 Å². The number of hydrogen-bond donors (Lipinski definition) is 1. The summed E-state index contributed by atoms with van der Waals surface area (Å²) in [4.78, 5) is 0. The average Bonchev–Trinajstić information content (AvgIpc) is 2.40. The van der Waals surface area contributed by atoms with Crippen LogP contribution in [-0.4, -0.2) is 5.11 Å². The summed E-state index contributed by atoms with van der Waals surface area (Å²) in [5.41, 5.74) is 1.89. The molecule has 3 heteroatoms. The topological polar surface area (TPSA) is 29.5 Å². The fourth-order valence-electron chi connectivity index (χ4n) is 2.02. The minimum absolute atomic E-state index is 0.00584. The normalized spacial score (nSPS) is 11.4. The summed E-state index contributed by atoms with van der Waals surface area (Å²) >= 11 is 6.19. The van der Waals surface area contributed by atoms with E-state index in [-0.39, 0.29) is 12.0 Å². The molecule has 0 fully saturated rings. The summed E-state index contributed by atoms with van der Waals surface area (Å²) in [7, 11) is 0. The Hall–Kier alpha value is -1.51. The molecule has 2 rings (SSSR count). The van der Waals surface area contributed by atoms with Crippen molar-refractivity contribution in [2.75, 3.05) is 0 Å². The summed E-state index contributed by atoms with van der Waals surface area (Å²) in [5.74, 6) is 1.40. The number of hydrogen-bond acceptors (Lipinski definition) is 2. The molecule has 2 aromatic rings. The van der Waals surface area contributed by atoms with Crippen LogP contribution < -0.4 is 4.74 Å². The van der Waals surface area contributed by atoms with Gasteiger partial charge in [0.05, 0.1) is 11.6 Å². The lowest BCUT2D eigenvalue weighted by Crippen LogP contribution is -2.12. The SMILES string of the molecule is CC(C)(C)c1ccccc1Oc1ccc(CO)cc1Cl. The third kappa shape index (κ3) is 3.33. The van der Waals surface area contributed by atoms with E-state index < -0.39 is 0 Å². The van der Waals surface area contributed by atoms with E-state index >= 15 is 0 Å². The molecule has 0 aliphatic rings. The van der Waals surface area contributed by atoms with Gasteiger partial charge < -0.3 is 9.84 Å². The summed E-state index contributed by atoms with van der Waals surface area (Å²) in [5, 5.41) is 9.59. The Labute approximate surface area is 125 Å². The van der Waals surface area contributed by atoms with E-state index in [1.54, 1.807) is 18.2 Å². The third-order valence-electron chi connectivity index (χ3n) is 3.09. The molecule has 0 unspecified atom stereocenters. The van der Waals surface area contributed by atoms with Gasteiger partial charge in [-0.3, -0.25) is 0 Å². The van der Waals surface area contributed by atoms with Crippen LogP contribution in [0.3, 0.4) is 0 Å². The molecular weight excluding hydrogens is 272 g/mol. The van der Waals surface area contributed by atoms with E-state index in [2.05, 4.69) is 26.8 Å². The lowest BCUT2D eigenvalue weighted by Gasteiger charge is -2.22. The van der Waals surface area contributed by atoms with Gasteiger partial charge in [0.2, 0.25) is 0 Å². The maximum atomic E-state index is 9.09. The number of halogens is 1. The Kier molecular flexibility index (Phi) is 4.36. The molecule has 0 atom stereocenters. The number of ether oxygens (including phenoxy) is 1. The number of rotatable bonds is 3. The van der Waals surface area contributed by atoms with Crippen LogP contribution in [-0.2, 0) is 12.0 Å². The van der Waals surface area contributed by atoms with E-state index in [1.807, 2.05) is 18.2 Å². The molecule has 1 N–H and O–H groups in total. The largest absolute Gasteiger partial charge is 0.455 e. The van der Waals surface area contributed by atoms with Crippen molar-refractivity contribution >= 4 is 11.6 Å². The van der Waals surface area contributed by atoms with Crippen molar-refractivity contribution in [1.82, 2.24) is 0 Å². The maximum absolute atomic E-state index is 9.09. The lowest BCUT2D eigenvalue weighted by atomic mass is 9.86. The summed E-state index contributed by atoms with van der Waals surface area (Å²) in [6, 6.07) is 13.3. The maximum Gasteiger partial charge on any atom is 0.146 e. The molecule has 0 radical (unpaired) electrons. The second-order valence-corrected chi connectivity index (χ2v) is 6.18. The fraction of sp³-hybridized carbons (Fsp3) is 0.294. The average molecular weight is 291 g/mol. The summed E-state index contributed by atoms with van der Waals surface area (Å²) < 4.78 is 5.95. The predicted octanol–water partition coefficient (Wildman–Crippen LogP) is 4.92. The first-order chi connectivity index (χ1) is 9.41. The van der Waals surface area contributed by atoms with Crippen LogP contribution in [0.4, 0.5) is 0 Å². The molecule has 0 bridgehead atoms. The van der Waals surface area contributed by atoms with E-state index in [4.69, 9.17) is 21.4 Å². The van der Waals surface area contributed by atoms with Gasteiger partial charge in [-0.1, -0.05) is 56.6 Å². The Morgan fingerprint density at radius 1 is 1.05 bits per heavy atom. The monoisotopic (exact) mass is 290 g/mol. The smallest absolute Gasteiger partial charge is 0.146 e. The number of aliphatic hydroxyl groups excluding tert-OH is 1. The van der Waals surface area contributed by atoms with Gasteiger partial charge in [0.25, 0.3) is 0 Å². The van der Waals surface area contributed by atoms with Gasteiger partial charge in [-0.05, 0) is 29.2 Å². The van der Waals surface area contributed by atoms with Crippen LogP contribution >= 0.6 is 11.6 Å². The first kappa shape index (κ1) is 14.9. The van der Waals surface area contributed by atoms with Gasteiger partial charge in [0, 0.05) is 5.56 Å². The van der Waals surface area contributed by atoms with E-state index in [1.165, 1.54) is 0 Å². The first-order valence-corrected chi connectivity index (χ1v) is 6.96. The molecular formula is C17H19ClO2. The number of benzene rings is 2. The molecule has 2 nitrogen and oxygen atoms in total. The molecule has 0 heterocycles. The number of aliphatic hydroxyl groups is 1. The van der Waals surface area contributed by atoms with Gasteiger partial charge in [0.15, 0.2) is 0 Å². The van der Waals surface area contributed by atoms with Crippen molar-refractivity contribution < 1.29 is 9.84 Å². The van der Waals surface area contributed by atoms with E-state index in [9.17, 15) is 0 Å². The van der Waals surface area contributed by atoms with E-state index in [0.717, 1.165) is 16.9 Å². The highest BCUT2D eigenvalue weighted by Gasteiger charge is 2.19. The molecule has 0 spiro atoms. The van der Waals surface area contributed by atoms with Crippen molar-refractivity contribution in [3.8, 4) is 11.5 Å². The standard InChI is InChI=1S/C17H19ClO2/c1-17(2,3)13-6-4-5-7-15(13)20-16-9-8-12(11-19)10-14(16)18/h4-10,19H,11H2,1-3H3. The molecule has 106 valence electrons. The zero-order valence-electron chi connectivity index (χ0n) is 12.0. The van der Waals surface area contributed by atoms with Crippen LogP contribution in [0.15, 0.2) is 42.5 Å². The van der Waals surface area contributed by atoms with Gasteiger partial charge in [-0.25, -0.2) is 0 Å². The summed E-state index contributed by atoms with van der Waals surface area (Å²) in [6.07, 6.45) is 0. The van der Waals surface area contributed by atoms with Gasteiger partial charge in [-0.15, -0.1) is 0 Å². The molecule has 0 aliphatic heterocycles. The lowest BCUT2D eigenvalue weighted by molar-refractivity contribution is 0.281. The zero-order chi connectivity index (χ0) is 14.8. The molecule has 0 aliphatic carbocycles. The molecule has 2 aromatic carbocycles. The number of para-hydroxylation sites is 1. The highest BCUT2D eigenvalue weighted by Crippen LogP contribution is 2.36.